The van der Waals surface area contributed by atoms with Gasteiger partial charge < -0.3 is 9.47 Å². The Morgan fingerprint density at radius 3 is 1.44 bits per heavy atom. The van der Waals surface area contributed by atoms with Gasteiger partial charge in [-0.05, 0) is 35.4 Å². The number of alkyl halides is 3. The highest BCUT2D eigenvalue weighted by molar-refractivity contribution is 7.87. The third-order valence-corrected chi connectivity index (χ3v) is 4.36. The third kappa shape index (κ3) is 4.43. The smallest absolute Gasteiger partial charge is 0.497 e. The number of benzene rings is 2. The van der Waals surface area contributed by atoms with Crippen molar-refractivity contribution in [3.63, 3.8) is 0 Å². The lowest BCUT2D eigenvalue weighted by molar-refractivity contribution is -0.0562. The van der Waals surface area contributed by atoms with Crippen molar-refractivity contribution in [3.05, 3.63) is 59.7 Å². The molecule has 0 amide bonds. The zero-order chi connectivity index (χ0) is 18.7. The Balaban J connectivity index is 2.46. The number of rotatable bonds is 6. The van der Waals surface area contributed by atoms with E-state index >= 15 is 0 Å². The van der Waals surface area contributed by atoms with Crippen LogP contribution in [-0.2, 0) is 14.3 Å². The molecule has 9 heteroatoms. The summed E-state index contributed by atoms with van der Waals surface area (Å²) in [6, 6.07) is 11.7. The largest absolute Gasteiger partial charge is 0.523 e. The molecule has 0 aliphatic carbocycles. The van der Waals surface area contributed by atoms with Crippen molar-refractivity contribution in [2.45, 2.75) is 11.6 Å². The van der Waals surface area contributed by atoms with Crippen molar-refractivity contribution in [1.29, 1.82) is 0 Å². The van der Waals surface area contributed by atoms with Gasteiger partial charge >= 0.3 is 15.6 Å². The van der Waals surface area contributed by atoms with E-state index in [-0.39, 0.29) is 11.1 Å². The van der Waals surface area contributed by atoms with Gasteiger partial charge in [-0.1, -0.05) is 24.3 Å². The summed E-state index contributed by atoms with van der Waals surface area (Å²) >= 11 is 0. The Morgan fingerprint density at radius 2 is 1.16 bits per heavy atom. The van der Waals surface area contributed by atoms with Crippen molar-refractivity contribution in [1.82, 2.24) is 0 Å². The number of hydrogen-bond acceptors (Lipinski definition) is 5. The van der Waals surface area contributed by atoms with Gasteiger partial charge in [0.2, 0.25) is 0 Å². The fourth-order valence-corrected chi connectivity index (χ4v) is 2.63. The number of halogens is 3. The van der Waals surface area contributed by atoms with Crippen LogP contribution in [0.1, 0.15) is 17.2 Å². The standard InChI is InChI=1S/C16H15F3O5S/c1-22-13-7-3-11(4-8-13)15(24-25(20,21)16(17,18)19)12-5-9-14(23-2)10-6-12/h3-10,15H,1-2H3. The Bertz CT molecular complexity index is 752. The molecule has 0 saturated carbocycles. The van der Waals surface area contributed by atoms with E-state index in [1.165, 1.54) is 62.8 Å². The maximum Gasteiger partial charge on any atom is 0.523 e. The van der Waals surface area contributed by atoms with Gasteiger partial charge in [-0.15, -0.1) is 0 Å². The minimum Gasteiger partial charge on any atom is -0.497 e. The second-order valence-electron chi connectivity index (χ2n) is 4.92. The summed E-state index contributed by atoms with van der Waals surface area (Å²) in [6.45, 7) is 0. The van der Waals surface area contributed by atoms with Crippen LogP contribution in [0.4, 0.5) is 13.2 Å². The van der Waals surface area contributed by atoms with Gasteiger partial charge in [0.05, 0.1) is 14.2 Å². The van der Waals surface area contributed by atoms with E-state index in [1.54, 1.807) is 0 Å². The average Bonchev–Trinajstić information content (AvgIpc) is 2.59. The van der Waals surface area contributed by atoms with E-state index in [1.807, 2.05) is 0 Å². The molecule has 0 saturated heterocycles. The molecule has 136 valence electrons. The monoisotopic (exact) mass is 376 g/mol. The highest BCUT2D eigenvalue weighted by Gasteiger charge is 2.49. The average molecular weight is 376 g/mol. The lowest BCUT2D eigenvalue weighted by Gasteiger charge is -2.20. The van der Waals surface area contributed by atoms with Gasteiger partial charge in [-0.2, -0.15) is 21.6 Å². The first-order chi connectivity index (χ1) is 11.7. The van der Waals surface area contributed by atoms with Crippen LogP contribution in [0.3, 0.4) is 0 Å². The van der Waals surface area contributed by atoms with Gasteiger partial charge in [0, 0.05) is 0 Å². The van der Waals surface area contributed by atoms with Crippen molar-refractivity contribution in [2.75, 3.05) is 14.2 Å². The summed E-state index contributed by atoms with van der Waals surface area (Å²) in [7, 11) is -2.92. The van der Waals surface area contributed by atoms with Gasteiger partial charge in [-0.25, -0.2) is 0 Å². The first kappa shape index (κ1) is 19.1. The highest BCUT2D eigenvalue weighted by atomic mass is 32.2. The van der Waals surface area contributed by atoms with Gasteiger partial charge in [-0.3, -0.25) is 4.18 Å². The number of hydrogen-bond donors (Lipinski definition) is 0. The van der Waals surface area contributed by atoms with E-state index in [2.05, 4.69) is 4.18 Å². The van der Waals surface area contributed by atoms with E-state index in [0.717, 1.165) is 0 Å². The van der Waals surface area contributed by atoms with Crippen LogP contribution in [0.2, 0.25) is 0 Å². The van der Waals surface area contributed by atoms with E-state index in [9.17, 15) is 21.6 Å². The molecule has 0 bridgehead atoms. The second-order valence-corrected chi connectivity index (χ2v) is 6.49. The molecule has 0 radical (unpaired) electrons. The topological polar surface area (TPSA) is 61.8 Å². The molecule has 0 heterocycles. The lowest BCUT2D eigenvalue weighted by Crippen LogP contribution is -2.27. The molecule has 0 atom stereocenters. The molecule has 0 aromatic heterocycles. The number of ether oxygens (including phenoxy) is 2. The van der Waals surface area contributed by atoms with Crippen LogP contribution in [0.25, 0.3) is 0 Å². The predicted octanol–water partition coefficient (Wildman–Crippen LogP) is 3.66. The Hall–Kier alpha value is -2.26. The van der Waals surface area contributed by atoms with Crippen LogP contribution < -0.4 is 9.47 Å². The zero-order valence-corrected chi connectivity index (χ0v) is 14.1. The van der Waals surface area contributed by atoms with Crippen molar-refractivity contribution in [3.8, 4) is 11.5 Å². The zero-order valence-electron chi connectivity index (χ0n) is 13.3. The normalized spacial score (nSPS) is 12.2. The van der Waals surface area contributed by atoms with Crippen molar-refractivity contribution < 1.29 is 35.2 Å². The first-order valence-corrected chi connectivity index (χ1v) is 8.36. The molecule has 0 unspecified atom stereocenters. The van der Waals surface area contributed by atoms with Crippen LogP contribution >= 0.6 is 0 Å². The van der Waals surface area contributed by atoms with Crippen LogP contribution in [0, 0.1) is 0 Å². The summed E-state index contributed by atoms with van der Waals surface area (Å²) in [5.41, 5.74) is -5.08. The molecule has 0 spiro atoms. The van der Waals surface area contributed by atoms with Crippen LogP contribution in [0.15, 0.2) is 48.5 Å². The minimum atomic E-state index is -5.79. The molecule has 25 heavy (non-hydrogen) atoms. The summed E-state index contributed by atoms with van der Waals surface area (Å²) in [4.78, 5) is 0. The Morgan fingerprint density at radius 1 is 0.800 bits per heavy atom. The lowest BCUT2D eigenvalue weighted by atomic mass is 10.0. The van der Waals surface area contributed by atoms with Crippen LogP contribution in [0.5, 0.6) is 11.5 Å². The van der Waals surface area contributed by atoms with Crippen molar-refractivity contribution in [2.24, 2.45) is 0 Å². The highest BCUT2D eigenvalue weighted by Crippen LogP contribution is 2.35. The van der Waals surface area contributed by atoms with Crippen molar-refractivity contribution >= 4 is 10.1 Å². The minimum absolute atomic E-state index is 0.221. The van der Waals surface area contributed by atoms with E-state index in [4.69, 9.17) is 9.47 Å². The Labute approximate surface area is 143 Å². The van der Waals surface area contributed by atoms with Crippen LogP contribution in [-0.4, -0.2) is 28.1 Å². The molecular formula is C16H15F3O5S. The summed E-state index contributed by atoms with van der Waals surface area (Å²) in [5, 5.41) is 0. The molecule has 0 aliphatic heterocycles. The maximum atomic E-state index is 12.7. The molecule has 2 aromatic rings. The molecule has 5 nitrogen and oxygen atoms in total. The SMILES string of the molecule is COc1ccc(C(OS(=O)(=O)C(F)(F)F)c2ccc(OC)cc2)cc1. The van der Waals surface area contributed by atoms with Gasteiger partial charge in [0.25, 0.3) is 0 Å². The molecular weight excluding hydrogens is 361 g/mol. The van der Waals surface area contributed by atoms with E-state index in [0.29, 0.717) is 11.5 Å². The van der Waals surface area contributed by atoms with Gasteiger partial charge in [0.15, 0.2) is 0 Å². The summed E-state index contributed by atoms with van der Waals surface area (Å²) in [5.74, 6) is 0.937. The van der Waals surface area contributed by atoms with E-state index < -0.39 is 21.7 Å². The fourth-order valence-electron chi connectivity index (χ4n) is 2.04. The fraction of sp³-hybridized carbons (Fsp3) is 0.250. The third-order valence-electron chi connectivity index (χ3n) is 3.34. The molecule has 0 fully saturated rings. The number of methoxy groups -OCH3 is 2. The summed E-state index contributed by atoms with van der Waals surface area (Å²) < 4.78 is 75.5. The molecule has 2 aromatic carbocycles. The molecule has 2 rings (SSSR count). The maximum absolute atomic E-state index is 12.7. The predicted molar refractivity (Wildman–Crippen MR) is 83.9 cm³/mol. The molecule has 0 N–H and O–H groups in total. The molecule has 0 aliphatic rings. The second kappa shape index (κ2) is 7.32. The summed E-state index contributed by atoms with van der Waals surface area (Å²) in [6.07, 6.45) is -1.47. The first-order valence-electron chi connectivity index (χ1n) is 6.95. The van der Waals surface area contributed by atoms with Gasteiger partial charge in [0.1, 0.15) is 17.6 Å². The quantitative estimate of drug-likeness (QED) is 0.569. The Kier molecular flexibility index (Phi) is 5.58.